The van der Waals surface area contributed by atoms with E-state index < -0.39 is 0 Å². The molecule has 0 atom stereocenters. The number of alkyl halides is 2. The van der Waals surface area contributed by atoms with Gasteiger partial charge in [-0.3, -0.25) is 0 Å². The van der Waals surface area contributed by atoms with E-state index >= 15 is 0 Å². The molecule has 0 saturated carbocycles. The van der Waals surface area contributed by atoms with Crippen LogP contribution in [-0.4, -0.2) is 8.86 Å². The molecule has 0 amide bonds. The predicted octanol–water partition coefficient (Wildman–Crippen LogP) is -2.52. The summed E-state index contributed by atoms with van der Waals surface area (Å²) in [5, 5.41) is 0. The summed E-state index contributed by atoms with van der Waals surface area (Å²) in [6.45, 7) is 0. The van der Waals surface area contributed by atoms with Crippen LogP contribution in [0.2, 0.25) is 0 Å². The van der Waals surface area contributed by atoms with E-state index in [9.17, 15) is 0 Å². The molecule has 0 aromatic rings. The van der Waals surface area contributed by atoms with Gasteiger partial charge in [0.25, 0.3) is 0 Å². The first kappa shape index (κ1) is 4.45. The van der Waals surface area contributed by atoms with Crippen LogP contribution in [-0.2, 0) is 0 Å². The molecule has 0 bridgehead atoms. The molecule has 0 saturated heterocycles. The number of rotatable bonds is 0. The van der Waals surface area contributed by atoms with Gasteiger partial charge in [-0.15, -0.1) is 0 Å². The molecule has 0 fully saturated rings. The van der Waals surface area contributed by atoms with Crippen molar-refractivity contribution in [1.82, 2.24) is 0 Å². The van der Waals surface area contributed by atoms with Gasteiger partial charge in [-0.05, 0) is 0 Å². The van der Waals surface area contributed by atoms with Crippen molar-refractivity contribution in [1.29, 1.82) is 0 Å². The molecule has 1 heterocycles. The van der Waals surface area contributed by atoms with Crippen LogP contribution >= 0.6 is 0 Å². The summed E-state index contributed by atoms with van der Waals surface area (Å²) in [6.07, 6.45) is 1.19. The molecule has 6 heavy (non-hydrogen) atoms. The van der Waals surface area contributed by atoms with E-state index in [-0.39, 0.29) is 0 Å². The average Bonchev–Trinajstić information content (AvgIpc) is 1.72. The third-order valence-corrected chi connectivity index (χ3v) is 2.86. The number of hydrogen-bond donors (Lipinski definition) is 0. The van der Waals surface area contributed by atoms with Crippen molar-refractivity contribution in [2.24, 2.45) is 0 Å². The van der Waals surface area contributed by atoms with E-state index in [1.807, 2.05) is 0 Å². The molecule has 0 N–H and O–H groups in total. The SMILES string of the molecule is C1#CC[I-]CC1. The van der Waals surface area contributed by atoms with E-state index in [0.717, 1.165) is 0 Å². The minimum atomic E-state index is 0.541. The van der Waals surface area contributed by atoms with Crippen molar-refractivity contribution < 1.29 is 21.2 Å². The molecule has 0 radical (unpaired) electrons. The molecule has 0 nitrogen and oxygen atoms in total. The Labute approximate surface area is 48.6 Å². The van der Waals surface area contributed by atoms with E-state index in [2.05, 4.69) is 11.8 Å². The van der Waals surface area contributed by atoms with Crippen LogP contribution in [0.15, 0.2) is 0 Å². The minimum absolute atomic E-state index is 0.541. The zero-order chi connectivity index (χ0) is 4.24. The van der Waals surface area contributed by atoms with Crippen molar-refractivity contribution in [3.05, 3.63) is 0 Å². The van der Waals surface area contributed by atoms with Gasteiger partial charge in [-0.1, -0.05) is 0 Å². The van der Waals surface area contributed by atoms with Gasteiger partial charge >= 0.3 is 48.3 Å². The Morgan fingerprint density at radius 2 is 2.33 bits per heavy atom. The summed E-state index contributed by atoms with van der Waals surface area (Å²) >= 11 is 0.541. The summed E-state index contributed by atoms with van der Waals surface area (Å²) in [4.78, 5) is 0. The first-order chi connectivity index (χ1) is 3.00. The maximum atomic E-state index is 3.08. The van der Waals surface area contributed by atoms with Gasteiger partial charge in [0, 0.05) is 0 Å². The molecule has 1 rings (SSSR count). The Balaban J connectivity index is 2.36. The molecule has 34 valence electrons. The molecule has 1 heteroatoms. The third kappa shape index (κ3) is 1.17. The number of hydrogen-bond acceptors (Lipinski definition) is 0. The zero-order valence-electron chi connectivity index (χ0n) is 3.50. The second-order valence-electron chi connectivity index (χ2n) is 1.12. The first-order valence-electron chi connectivity index (χ1n) is 1.99. The quantitative estimate of drug-likeness (QED) is 0.226. The van der Waals surface area contributed by atoms with E-state index in [4.69, 9.17) is 0 Å². The van der Waals surface area contributed by atoms with Crippen LogP contribution in [0.4, 0.5) is 0 Å². The summed E-state index contributed by atoms with van der Waals surface area (Å²) in [5.41, 5.74) is 0. The summed E-state index contributed by atoms with van der Waals surface area (Å²) in [6, 6.07) is 0. The Hall–Kier alpha value is 0.290. The zero-order valence-corrected chi connectivity index (χ0v) is 5.66. The van der Waals surface area contributed by atoms with Crippen LogP contribution < -0.4 is 21.2 Å². The van der Waals surface area contributed by atoms with E-state index in [1.165, 1.54) is 15.3 Å². The van der Waals surface area contributed by atoms with Crippen LogP contribution in [0.25, 0.3) is 0 Å². The fraction of sp³-hybridized carbons (Fsp3) is 0.600. The van der Waals surface area contributed by atoms with Crippen LogP contribution in [0.3, 0.4) is 0 Å². The van der Waals surface area contributed by atoms with Gasteiger partial charge < -0.3 is 0 Å². The van der Waals surface area contributed by atoms with Gasteiger partial charge in [-0.2, -0.15) is 0 Å². The molecule has 0 aromatic carbocycles. The van der Waals surface area contributed by atoms with Crippen LogP contribution in [0.5, 0.6) is 0 Å². The summed E-state index contributed by atoms with van der Waals surface area (Å²) in [7, 11) is 0. The normalized spacial score (nSPS) is 20.0. The fourth-order valence-corrected chi connectivity index (χ4v) is 1.94. The topological polar surface area (TPSA) is 0 Å². The molecular weight excluding hydrogens is 187 g/mol. The van der Waals surface area contributed by atoms with E-state index in [0.29, 0.717) is 21.2 Å². The van der Waals surface area contributed by atoms with Crippen molar-refractivity contribution >= 4 is 0 Å². The summed E-state index contributed by atoms with van der Waals surface area (Å²) in [5.74, 6) is 6.15. The van der Waals surface area contributed by atoms with Gasteiger partial charge in [0.1, 0.15) is 0 Å². The second-order valence-corrected chi connectivity index (χ2v) is 4.04. The Morgan fingerprint density at radius 3 is 2.50 bits per heavy atom. The monoisotopic (exact) mass is 193 g/mol. The van der Waals surface area contributed by atoms with Crippen LogP contribution in [0.1, 0.15) is 6.42 Å². The standard InChI is InChI=1S/C5H6I/c1-2-4-6-5-3-1/h2,4-5H2/q-1. The van der Waals surface area contributed by atoms with Gasteiger partial charge in [0.05, 0.1) is 0 Å². The molecule has 1 aliphatic heterocycles. The maximum absolute atomic E-state index is 3.08. The average molecular weight is 193 g/mol. The predicted molar refractivity (Wildman–Crippen MR) is 22.1 cm³/mol. The molecular formula is C5H6I-. The third-order valence-electron chi connectivity index (χ3n) is 0.639. The van der Waals surface area contributed by atoms with E-state index in [1.54, 1.807) is 0 Å². The number of halogens is 1. The Morgan fingerprint density at radius 1 is 1.33 bits per heavy atom. The fourth-order valence-electron chi connectivity index (χ4n) is 0.364. The van der Waals surface area contributed by atoms with Crippen LogP contribution in [0, 0.1) is 11.8 Å². The van der Waals surface area contributed by atoms with Gasteiger partial charge in [0.15, 0.2) is 0 Å². The molecule has 0 unspecified atom stereocenters. The summed E-state index contributed by atoms with van der Waals surface area (Å²) < 4.78 is 2.69. The van der Waals surface area contributed by atoms with Crippen molar-refractivity contribution in [2.45, 2.75) is 6.42 Å². The molecule has 0 aromatic heterocycles. The molecule has 0 aliphatic carbocycles. The van der Waals surface area contributed by atoms with Crippen molar-refractivity contribution in [2.75, 3.05) is 8.86 Å². The molecule has 0 spiro atoms. The van der Waals surface area contributed by atoms with Crippen molar-refractivity contribution in [3.63, 3.8) is 0 Å². The van der Waals surface area contributed by atoms with Gasteiger partial charge in [0.2, 0.25) is 0 Å². The second kappa shape index (κ2) is 2.46. The molecule has 1 aliphatic rings. The first-order valence-corrected chi connectivity index (χ1v) is 5.04. The van der Waals surface area contributed by atoms with Crippen molar-refractivity contribution in [3.8, 4) is 11.8 Å². The Kier molecular flexibility index (Phi) is 1.82. The van der Waals surface area contributed by atoms with Gasteiger partial charge in [-0.25, -0.2) is 0 Å². The Bertz CT molecular complexity index is 75.8.